The van der Waals surface area contributed by atoms with Crippen LogP contribution in [0.25, 0.3) is 0 Å². The summed E-state index contributed by atoms with van der Waals surface area (Å²) < 4.78 is 5.50. The summed E-state index contributed by atoms with van der Waals surface area (Å²) in [5, 5.41) is 6.72. The topological polar surface area (TPSA) is 50.4 Å². The summed E-state index contributed by atoms with van der Waals surface area (Å²) in [5.74, 6) is 0.246. The van der Waals surface area contributed by atoms with Gasteiger partial charge in [0.15, 0.2) is 6.61 Å². The molecule has 2 N–H and O–H groups in total. The van der Waals surface area contributed by atoms with Crippen molar-refractivity contribution in [2.24, 2.45) is 0 Å². The number of amides is 1. The van der Waals surface area contributed by atoms with Crippen LogP contribution in [0.15, 0.2) is 24.8 Å². The van der Waals surface area contributed by atoms with Crippen molar-refractivity contribution >= 4 is 29.1 Å². The smallest absolute Gasteiger partial charge is 0.258 e. The van der Waals surface area contributed by atoms with Gasteiger partial charge in [-0.05, 0) is 18.7 Å². The Kier molecular flexibility index (Phi) is 7.44. The standard InChI is InChI=1S/C14H18Cl2N2O2/c1-3-5-18-13(19)9-20-14-10(8-17-4-2)6-11(15)7-12(14)16/h3,6-7,17H,1,4-5,8-9H2,2H3,(H,18,19). The van der Waals surface area contributed by atoms with Gasteiger partial charge in [-0.2, -0.15) is 0 Å². The minimum atomic E-state index is -0.231. The zero-order valence-electron chi connectivity index (χ0n) is 11.3. The molecule has 0 saturated heterocycles. The number of hydrogen-bond acceptors (Lipinski definition) is 3. The Morgan fingerprint density at radius 2 is 2.20 bits per heavy atom. The van der Waals surface area contributed by atoms with Crippen LogP contribution < -0.4 is 15.4 Å². The van der Waals surface area contributed by atoms with Gasteiger partial charge >= 0.3 is 0 Å². The second-order valence-electron chi connectivity index (χ2n) is 4.04. The van der Waals surface area contributed by atoms with Crippen LogP contribution in [0.1, 0.15) is 12.5 Å². The molecule has 0 spiro atoms. The van der Waals surface area contributed by atoms with Crippen molar-refractivity contribution in [3.05, 3.63) is 40.4 Å². The molecule has 0 aliphatic heterocycles. The molecule has 0 aliphatic rings. The van der Waals surface area contributed by atoms with Gasteiger partial charge in [-0.25, -0.2) is 0 Å². The van der Waals surface area contributed by atoms with Gasteiger partial charge in [-0.15, -0.1) is 6.58 Å². The summed E-state index contributed by atoms with van der Waals surface area (Å²) in [5.41, 5.74) is 0.820. The van der Waals surface area contributed by atoms with Gasteiger partial charge in [0.1, 0.15) is 5.75 Å². The predicted molar refractivity (Wildman–Crippen MR) is 82.5 cm³/mol. The Morgan fingerprint density at radius 1 is 1.45 bits per heavy atom. The Labute approximate surface area is 129 Å². The summed E-state index contributed by atoms with van der Waals surface area (Å²) in [6.45, 7) is 7.20. The molecule has 0 fully saturated rings. The first kappa shape index (κ1) is 16.8. The molecule has 1 amide bonds. The maximum atomic E-state index is 11.5. The van der Waals surface area contributed by atoms with Gasteiger partial charge in [0, 0.05) is 23.7 Å². The maximum absolute atomic E-state index is 11.5. The van der Waals surface area contributed by atoms with E-state index in [-0.39, 0.29) is 12.5 Å². The number of halogens is 2. The van der Waals surface area contributed by atoms with Crippen molar-refractivity contribution in [1.29, 1.82) is 0 Å². The molecule has 4 nitrogen and oxygen atoms in total. The van der Waals surface area contributed by atoms with E-state index in [1.807, 2.05) is 6.92 Å². The Hall–Kier alpha value is -1.23. The fourth-order valence-electron chi connectivity index (χ4n) is 1.54. The van der Waals surface area contributed by atoms with Gasteiger partial charge in [-0.1, -0.05) is 36.2 Å². The highest BCUT2D eigenvalue weighted by Crippen LogP contribution is 2.32. The fraction of sp³-hybridized carbons (Fsp3) is 0.357. The van der Waals surface area contributed by atoms with E-state index in [4.69, 9.17) is 27.9 Å². The summed E-state index contributed by atoms with van der Waals surface area (Å²) in [6.07, 6.45) is 1.60. The van der Waals surface area contributed by atoms with Crippen LogP contribution >= 0.6 is 23.2 Å². The summed E-state index contributed by atoms with van der Waals surface area (Å²) in [7, 11) is 0. The lowest BCUT2D eigenvalue weighted by molar-refractivity contribution is -0.122. The van der Waals surface area contributed by atoms with Gasteiger partial charge in [0.2, 0.25) is 0 Å². The molecule has 1 aromatic carbocycles. The van der Waals surface area contributed by atoms with E-state index >= 15 is 0 Å². The molecule has 0 saturated carbocycles. The average molecular weight is 317 g/mol. The second-order valence-corrected chi connectivity index (χ2v) is 4.88. The van der Waals surface area contributed by atoms with Crippen LogP contribution in [0.5, 0.6) is 5.75 Å². The SMILES string of the molecule is C=CCNC(=O)COc1c(Cl)cc(Cl)cc1CNCC. The molecular weight excluding hydrogens is 299 g/mol. The minimum absolute atomic E-state index is 0.103. The van der Waals surface area contributed by atoms with Crippen LogP contribution in [0.4, 0.5) is 0 Å². The molecule has 0 atom stereocenters. The summed E-state index contributed by atoms with van der Waals surface area (Å²) >= 11 is 12.1. The normalized spacial score (nSPS) is 10.2. The van der Waals surface area contributed by atoms with Crippen LogP contribution in [0.3, 0.4) is 0 Å². The predicted octanol–water partition coefficient (Wildman–Crippen LogP) is 2.78. The average Bonchev–Trinajstić information content (AvgIpc) is 2.41. The van der Waals surface area contributed by atoms with Gasteiger partial charge in [0.25, 0.3) is 5.91 Å². The molecule has 1 rings (SSSR count). The van der Waals surface area contributed by atoms with E-state index in [9.17, 15) is 4.79 Å². The third-order valence-electron chi connectivity index (χ3n) is 2.44. The summed E-state index contributed by atoms with van der Waals surface area (Å²) in [6, 6.07) is 3.36. The first-order valence-electron chi connectivity index (χ1n) is 6.27. The molecule has 0 aliphatic carbocycles. The Bertz CT molecular complexity index is 478. The van der Waals surface area contributed by atoms with E-state index < -0.39 is 0 Å². The van der Waals surface area contributed by atoms with Gasteiger partial charge < -0.3 is 15.4 Å². The molecule has 0 aromatic heterocycles. The zero-order chi connectivity index (χ0) is 15.0. The number of carbonyl (C=O) groups is 1. The monoisotopic (exact) mass is 316 g/mol. The molecule has 0 radical (unpaired) electrons. The van der Waals surface area contributed by atoms with Crippen LogP contribution in [-0.4, -0.2) is 25.6 Å². The number of carbonyl (C=O) groups excluding carboxylic acids is 1. The fourth-order valence-corrected chi connectivity index (χ4v) is 2.13. The van der Waals surface area contributed by atoms with Crippen LogP contribution in [-0.2, 0) is 11.3 Å². The number of nitrogens with one attached hydrogen (secondary N) is 2. The van der Waals surface area contributed by atoms with E-state index in [0.29, 0.717) is 28.9 Å². The lowest BCUT2D eigenvalue weighted by Crippen LogP contribution is -2.29. The lowest BCUT2D eigenvalue weighted by atomic mass is 10.2. The highest BCUT2D eigenvalue weighted by atomic mass is 35.5. The van der Waals surface area contributed by atoms with E-state index in [2.05, 4.69) is 17.2 Å². The Morgan fingerprint density at radius 3 is 2.85 bits per heavy atom. The van der Waals surface area contributed by atoms with Gasteiger partial charge in [-0.3, -0.25) is 4.79 Å². The number of benzene rings is 1. The van der Waals surface area contributed by atoms with Crippen molar-refractivity contribution in [3.8, 4) is 5.75 Å². The lowest BCUT2D eigenvalue weighted by Gasteiger charge is -2.14. The number of rotatable bonds is 8. The quantitative estimate of drug-likeness (QED) is 0.725. The number of hydrogen-bond donors (Lipinski definition) is 2. The molecule has 110 valence electrons. The third-order valence-corrected chi connectivity index (χ3v) is 2.94. The third kappa shape index (κ3) is 5.41. The van der Waals surface area contributed by atoms with Crippen molar-refractivity contribution in [3.63, 3.8) is 0 Å². The van der Waals surface area contributed by atoms with E-state index in [1.165, 1.54) is 0 Å². The van der Waals surface area contributed by atoms with Crippen molar-refractivity contribution < 1.29 is 9.53 Å². The molecule has 0 bridgehead atoms. The van der Waals surface area contributed by atoms with Crippen molar-refractivity contribution in [2.45, 2.75) is 13.5 Å². The number of ether oxygens (including phenoxy) is 1. The zero-order valence-corrected chi connectivity index (χ0v) is 12.9. The van der Waals surface area contributed by atoms with Crippen molar-refractivity contribution in [2.75, 3.05) is 19.7 Å². The summed E-state index contributed by atoms with van der Waals surface area (Å²) in [4.78, 5) is 11.5. The first-order valence-corrected chi connectivity index (χ1v) is 7.03. The minimum Gasteiger partial charge on any atom is -0.482 e. The molecule has 0 unspecified atom stereocenters. The largest absolute Gasteiger partial charge is 0.482 e. The first-order chi connectivity index (χ1) is 9.58. The maximum Gasteiger partial charge on any atom is 0.258 e. The van der Waals surface area contributed by atoms with E-state index in [1.54, 1.807) is 18.2 Å². The second kappa shape index (κ2) is 8.84. The highest BCUT2D eigenvalue weighted by molar-refractivity contribution is 6.35. The van der Waals surface area contributed by atoms with E-state index in [0.717, 1.165) is 12.1 Å². The molecule has 6 heteroatoms. The molecule has 20 heavy (non-hydrogen) atoms. The molecule has 1 aromatic rings. The van der Waals surface area contributed by atoms with Crippen molar-refractivity contribution in [1.82, 2.24) is 10.6 Å². The van der Waals surface area contributed by atoms with Crippen LogP contribution in [0, 0.1) is 0 Å². The van der Waals surface area contributed by atoms with Crippen LogP contribution in [0.2, 0.25) is 10.0 Å². The van der Waals surface area contributed by atoms with Gasteiger partial charge in [0.05, 0.1) is 5.02 Å². The molecular formula is C14H18Cl2N2O2. The Balaban J connectivity index is 2.76. The molecule has 0 heterocycles. The highest BCUT2D eigenvalue weighted by Gasteiger charge is 2.12.